The Morgan fingerprint density at radius 3 is 2.38 bits per heavy atom. The van der Waals surface area contributed by atoms with Gasteiger partial charge in [-0.2, -0.15) is 5.10 Å². The number of hydrogen-bond acceptors (Lipinski definition) is 4. The molecule has 0 amide bonds. The first-order valence-electron chi connectivity index (χ1n) is 5.46. The van der Waals surface area contributed by atoms with Gasteiger partial charge in [-0.1, -0.05) is 0 Å². The van der Waals surface area contributed by atoms with Crippen LogP contribution in [0.1, 0.15) is 11.3 Å². The summed E-state index contributed by atoms with van der Waals surface area (Å²) in [6.45, 7) is 3.86. The highest BCUT2D eigenvalue weighted by atomic mass is 16.3. The summed E-state index contributed by atoms with van der Waals surface area (Å²) in [5, 5.41) is 13.7. The van der Waals surface area contributed by atoms with E-state index in [9.17, 15) is 5.11 Å². The third-order valence-electron chi connectivity index (χ3n) is 2.72. The van der Waals surface area contributed by atoms with Gasteiger partial charge < -0.3 is 14.9 Å². The highest BCUT2D eigenvalue weighted by molar-refractivity contribution is 5.49. The molecule has 0 aromatic carbocycles. The summed E-state index contributed by atoms with van der Waals surface area (Å²) in [5.74, 6) is 1.00. The lowest BCUT2D eigenvalue weighted by atomic mass is 10.2. The van der Waals surface area contributed by atoms with Crippen LogP contribution in [0.25, 0.3) is 0 Å². The van der Waals surface area contributed by atoms with Gasteiger partial charge >= 0.3 is 0 Å². The highest BCUT2D eigenvalue weighted by Crippen LogP contribution is 2.21. The fourth-order valence-corrected chi connectivity index (χ4v) is 1.81. The third-order valence-corrected chi connectivity index (χ3v) is 2.72. The number of hydrogen-bond donors (Lipinski definition) is 1. The molecule has 16 heavy (non-hydrogen) atoms. The van der Waals surface area contributed by atoms with E-state index in [1.165, 1.54) is 0 Å². The van der Waals surface area contributed by atoms with Gasteiger partial charge in [-0.05, 0) is 21.0 Å². The van der Waals surface area contributed by atoms with Crippen LogP contribution in [-0.2, 0) is 13.7 Å². The molecule has 1 aromatic heterocycles. The van der Waals surface area contributed by atoms with Crippen LogP contribution in [0.3, 0.4) is 0 Å². The Bertz CT molecular complexity index is 346. The molecule has 0 saturated carbocycles. The first-order valence-corrected chi connectivity index (χ1v) is 5.46. The van der Waals surface area contributed by atoms with Crippen molar-refractivity contribution in [1.82, 2.24) is 14.7 Å². The smallest absolute Gasteiger partial charge is 0.132 e. The lowest BCUT2D eigenvalue weighted by molar-refractivity contribution is 0.281. The Morgan fingerprint density at radius 1 is 1.25 bits per heavy atom. The van der Waals surface area contributed by atoms with Gasteiger partial charge in [-0.25, -0.2) is 0 Å². The van der Waals surface area contributed by atoms with E-state index < -0.39 is 0 Å². The molecule has 0 aliphatic heterocycles. The average Bonchev–Trinajstić information content (AvgIpc) is 2.49. The van der Waals surface area contributed by atoms with Crippen molar-refractivity contribution in [1.29, 1.82) is 0 Å². The molecule has 0 aliphatic rings. The molecule has 0 bridgehead atoms. The van der Waals surface area contributed by atoms with E-state index in [4.69, 9.17) is 0 Å². The van der Waals surface area contributed by atoms with Crippen LogP contribution in [0, 0.1) is 6.92 Å². The van der Waals surface area contributed by atoms with Crippen molar-refractivity contribution in [3.63, 3.8) is 0 Å². The minimum Gasteiger partial charge on any atom is -0.391 e. The van der Waals surface area contributed by atoms with E-state index in [0.29, 0.717) is 0 Å². The van der Waals surface area contributed by atoms with Crippen molar-refractivity contribution in [2.45, 2.75) is 13.5 Å². The molecule has 0 fully saturated rings. The molecule has 0 spiro atoms. The van der Waals surface area contributed by atoms with Gasteiger partial charge in [0.05, 0.1) is 12.3 Å². The second kappa shape index (κ2) is 5.32. The van der Waals surface area contributed by atoms with E-state index in [-0.39, 0.29) is 6.61 Å². The molecule has 5 nitrogen and oxygen atoms in total. The van der Waals surface area contributed by atoms with Crippen molar-refractivity contribution in [2.24, 2.45) is 7.05 Å². The van der Waals surface area contributed by atoms with Gasteiger partial charge in [0.15, 0.2) is 0 Å². The van der Waals surface area contributed by atoms with Crippen LogP contribution in [0.2, 0.25) is 0 Å². The number of rotatable bonds is 5. The molecule has 0 atom stereocenters. The summed E-state index contributed by atoms with van der Waals surface area (Å²) >= 11 is 0. The van der Waals surface area contributed by atoms with E-state index in [2.05, 4.69) is 29.0 Å². The predicted molar refractivity (Wildman–Crippen MR) is 65.7 cm³/mol. The Hall–Kier alpha value is -1.07. The quantitative estimate of drug-likeness (QED) is 0.780. The normalized spacial score (nSPS) is 11.2. The molecular formula is C11H22N4O. The van der Waals surface area contributed by atoms with Crippen molar-refractivity contribution in [3.05, 3.63) is 11.3 Å². The van der Waals surface area contributed by atoms with Crippen molar-refractivity contribution in [2.75, 3.05) is 39.1 Å². The SMILES string of the molecule is Cc1nn(C)c(N(C)CCN(C)C)c1CO. The number of aromatic nitrogens is 2. The van der Waals surface area contributed by atoms with Crippen molar-refractivity contribution in [3.8, 4) is 0 Å². The molecule has 0 aliphatic carbocycles. The molecule has 1 rings (SSSR count). The third kappa shape index (κ3) is 2.74. The highest BCUT2D eigenvalue weighted by Gasteiger charge is 2.15. The zero-order valence-electron chi connectivity index (χ0n) is 10.9. The van der Waals surface area contributed by atoms with Gasteiger partial charge in [0, 0.05) is 32.7 Å². The average molecular weight is 226 g/mol. The van der Waals surface area contributed by atoms with E-state index >= 15 is 0 Å². The predicted octanol–water partition coefficient (Wildman–Crippen LogP) is 0.219. The van der Waals surface area contributed by atoms with Gasteiger partial charge in [0.25, 0.3) is 0 Å². The fraction of sp³-hybridized carbons (Fsp3) is 0.727. The zero-order valence-corrected chi connectivity index (χ0v) is 10.9. The van der Waals surface area contributed by atoms with Gasteiger partial charge in [0.2, 0.25) is 0 Å². The maximum Gasteiger partial charge on any atom is 0.132 e. The molecule has 1 heterocycles. The molecule has 0 radical (unpaired) electrons. The monoisotopic (exact) mass is 226 g/mol. The molecule has 5 heteroatoms. The molecular weight excluding hydrogens is 204 g/mol. The molecule has 1 aromatic rings. The second-order valence-corrected chi connectivity index (χ2v) is 4.39. The van der Waals surface area contributed by atoms with Crippen LogP contribution < -0.4 is 4.90 Å². The summed E-state index contributed by atoms with van der Waals surface area (Å²) in [6.07, 6.45) is 0. The first kappa shape index (κ1) is 13.0. The van der Waals surface area contributed by atoms with E-state index in [1.807, 2.05) is 25.7 Å². The summed E-state index contributed by atoms with van der Waals surface area (Å²) in [6, 6.07) is 0. The van der Waals surface area contributed by atoms with Gasteiger partial charge in [-0.15, -0.1) is 0 Å². The van der Waals surface area contributed by atoms with Crippen LogP contribution in [0.5, 0.6) is 0 Å². The summed E-state index contributed by atoms with van der Waals surface area (Å²) < 4.78 is 1.83. The molecule has 0 unspecified atom stereocenters. The molecule has 1 N–H and O–H groups in total. The lowest BCUT2D eigenvalue weighted by Crippen LogP contribution is -2.30. The minimum atomic E-state index is 0.0430. The Kier molecular flexibility index (Phi) is 4.32. The van der Waals surface area contributed by atoms with Crippen molar-refractivity contribution >= 4 is 5.82 Å². The van der Waals surface area contributed by atoms with Gasteiger partial charge in [0.1, 0.15) is 5.82 Å². The largest absolute Gasteiger partial charge is 0.391 e. The number of aliphatic hydroxyl groups excluding tert-OH is 1. The fourth-order valence-electron chi connectivity index (χ4n) is 1.81. The molecule has 0 saturated heterocycles. The number of aryl methyl sites for hydroxylation is 2. The van der Waals surface area contributed by atoms with E-state index in [0.717, 1.165) is 30.2 Å². The van der Waals surface area contributed by atoms with Crippen molar-refractivity contribution < 1.29 is 5.11 Å². The number of likely N-dealkylation sites (N-methyl/N-ethyl adjacent to an activating group) is 2. The lowest BCUT2D eigenvalue weighted by Gasteiger charge is -2.22. The molecule has 92 valence electrons. The van der Waals surface area contributed by atoms with Gasteiger partial charge in [-0.3, -0.25) is 4.68 Å². The Morgan fingerprint density at radius 2 is 1.88 bits per heavy atom. The maximum atomic E-state index is 9.35. The zero-order chi connectivity index (χ0) is 12.3. The number of aliphatic hydroxyl groups is 1. The second-order valence-electron chi connectivity index (χ2n) is 4.39. The Labute approximate surface area is 97.3 Å². The van der Waals surface area contributed by atoms with Crippen LogP contribution in [-0.4, -0.2) is 54.0 Å². The standard InChI is InChI=1S/C11H22N4O/c1-9-10(8-16)11(15(5)12-9)14(4)7-6-13(2)3/h16H,6-8H2,1-5H3. The first-order chi connectivity index (χ1) is 7.47. The van der Waals surface area contributed by atoms with Crippen LogP contribution in [0.15, 0.2) is 0 Å². The summed E-state index contributed by atoms with van der Waals surface area (Å²) in [5.41, 5.74) is 1.82. The summed E-state index contributed by atoms with van der Waals surface area (Å²) in [4.78, 5) is 4.27. The van der Waals surface area contributed by atoms with Crippen LogP contribution >= 0.6 is 0 Å². The Balaban J connectivity index is 2.85. The number of anilines is 1. The van der Waals surface area contributed by atoms with E-state index in [1.54, 1.807) is 0 Å². The maximum absolute atomic E-state index is 9.35. The number of nitrogens with zero attached hydrogens (tertiary/aromatic N) is 4. The summed E-state index contributed by atoms with van der Waals surface area (Å²) in [7, 11) is 8.04. The minimum absolute atomic E-state index is 0.0430. The van der Waals surface area contributed by atoms with Crippen LogP contribution in [0.4, 0.5) is 5.82 Å². The topological polar surface area (TPSA) is 44.5 Å².